The molecule has 0 saturated heterocycles. The number of unbranched alkanes of at least 4 members (excludes halogenated alkanes) is 1. The van der Waals surface area contributed by atoms with E-state index >= 15 is 0 Å². The topological polar surface area (TPSA) is 21.3 Å². The number of ether oxygens (including phenoxy) is 1. The lowest BCUT2D eigenvalue weighted by atomic mass is 10.1. The number of halogens is 1. The van der Waals surface area contributed by atoms with Crippen LogP contribution in [0.5, 0.6) is 0 Å². The highest BCUT2D eigenvalue weighted by molar-refractivity contribution is 5.23. The van der Waals surface area contributed by atoms with E-state index in [-0.39, 0.29) is 5.82 Å². The average molecular weight is 225 g/mol. The van der Waals surface area contributed by atoms with Crippen LogP contribution in [0.15, 0.2) is 18.2 Å². The first kappa shape index (κ1) is 13.1. The Bertz CT molecular complexity index is 315. The van der Waals surface area contributed by atoms with Gasteiger partial charge in [0.2, 0.25) is 0 Å². The quantitative estimate of drug-likeness (QED) is 0.720. The van der Waals surface area contributed by atoms with Crippen LogP contribution in [0.2, 0.25) is 0 Å². The van der Waals surface area contributed by atoms with E-state index < -0.39 is 0 Å². The molecule has 16 heavy (non-hydrogen) atoms. The highest BCUT2D eigenvalue weighted by Gasteiger charge is 2.01. The molecule has 0 atom stereocenters. The molecule has 0 aliphatic rings. The lowest BCUT2D eigenvalue weighted by molar-refractivity contribution is 0.192. The summed E-state index contributed by atoms with van der Waals surface area (Å²) in [4.78, 5) is 0. The molecule has 0 aliphatic carbocycles. The Labute approximate surface area is 96.8 Å². The van der Waals surface area contributed by atoms with Gasteiger partial charge in [-0.15, -0.1) is 0 Å². The van der Waals surface area contributed by atoms with Gasteiger partial charge in [-0.1, -0.05) is 17.7 Å². The van der Waals surface area contributed by atoms with Crippen molar-refractivity contribution < 1.29 is 9.13 Å². The van der Waals surface area contributed by atoms with Crippen LogP contribution >= 0.6 is 0 Å². The van der Waals surface area contributed by atoms with Crippen LogP contribution in [0.25, 0.3) is 0 Å². The molecule has 0 aromatic heterocycles. The van der Waals surface area contributed by atoms with Crippen molar-refractivity contribution in [2.75, 3.05) is 20.3 Å². The van der Waals surface area contributed by atoms with Crippen molar-refractivity contribution in [2.24, 2.45) is 0 Å². The van der Waals surface area contributed by atoms with Crippen molar-refractivity contribution >= 4 is 0 Å². The van der Waals surface area contributed by atoms with Crippen LogP contribution in [0.1, 0.15) is 24.0 Å². The average Bonchev–Trinajstić information content (AvgIpc) is 2.28. The molecule has 0 fully saturated rings. The minimum Gasteiger partial charge on any atom is -0.385 e. The van der Waals surface area contributed by atoms with Crippen LogP contribution in [-0.4, -0.2) is 20.3 Å². The first-order chi connectivity index (χ1) is 7.74. The van der Waals surface area contributed by atoms with Gasteiger partial charge in [-0.05, 0) is 32.4 Å². The molecule has 0 saturated carbocycles. The minimum absolute atomic E-state index is 0.130. The largest absolute Gasteiger partial charge is 0.385 e. The molecule has 0 aliphatic heterocycles. The van der Waals surface area contributed by atoms with Crippen molar-refractivity contribution in [3.8, 4) is 0 Å². The Hall–Kier alpha value is -0.930. The Morgan fingerprint density at radius 1 is 1.31 bits per heavy atom. The fraction of sp³-hybridized carbons (Fsp3) is 0.538. The predicted molar refractivity (Wildman–Crippen MR) is 64.0 cm³/mol. The molecule has 0 radical (unpaired) electrons. The van der Waals surface area contributed by atoms with Gasteiger partial charge in [0, 0.05) is 25.8 Å². The van der Waals surface area contributed by atoms with Gasteiger partial charge in [-0.25, -0.2) is 4.39 Å². The molecule has 0 heterocycles. The van der Waals surface area contributed by atoms with Crippen LogP contribution in [0.4, 0.5) is 4.39 Å². The van der Waals surface area contributed by atoms with Crippen molar-refractivity contribution in [1.29, 1.82) is 0 Å². The summed E-state index contributed by atoms with van der Waals surface area (Å²) in [5.41, 5.74) is 1.84. The molecule has 1 aromatic carbocycles. The fourth-order valence-corrected chi connectivity index (χ4v) is 1.56. The summed E-state index contributed by atoms with van der Waals surface area (Å²) in [5, 5.41) is 3.23. The maximum Gasteiger partial charge on any atom is 0.127 e. The third kappa shape index (κ3) is 4.73. The molecule has 0 amide bonds. The monoisotopic (exact) mass is 225 g/mol. The Balaban J connectivity index is 2.23. The number of benzene rings is 1. The van der Waals surface area contributed by atoms with Gasteiger partial charge in [0.05, 0.1) is 0 Å². The number of hydrogen-bond donors (Lipinski definition) is 1. The summed E-state index contributed by atoms with van der Waals surface area (Å²) in [7, 11) is 1.70. The summed E-state index contributed by atoms with van der Waals surface area (Å²) in [6, 6.07) is 5.20. The Morgan fingerprint density at radius 3 is 2.88 bits per heavy atom. The van der Waals surface area contributed by atoms with Gasteiger partial charge in [-0.3, -0.25) is 0 Å². The SMILES string of the molecule is COCCCCNCc1cc(C)ccc1F. The normalized spacial score (nSPS) is 10.7. The van der Waals surface area contributed by atoms with Gasteiger partial charge in [0.15, 0.2) is 0 Å². The van der Waals surface area contributed by atoms with Crippen molar-refractivity contribution in [2.45, 2.75) is 26.3 Å². The van der Waals surface area contributed by atoms with E-state index in [2.05, 4.69) is 5.32 Å². The molecule has 1 N–H and O–H groups in total. The second kappa shape index (κ2) is 7.36. The summed E-state index contributed by atoms with van der Waals surface area (Å²) < 4.78 is 18.3. The van der Waals surface area contributed by atoms with E-state index in [0.29, 0.717) is 6.54 Å². The number of methoxy groups -OCH3 is 1. The van der Waals surface area contributed by atoms with E-state index in [9.17, 15) is 4.39 Å². The van der Waals surface area contributed by atoms with Gasteiger partial charge in [-0.2, -0.15) is 0 Å². The first-order valence-electron chi connectivity index (χ1n) is 5.68. The standard InChI is InChI=1S/C13H20FNO/c1-11-5-6-13(14)12(9-11)10-15-7-3-4-8-16-2/h5-6,9,15H,3-4,7-8,10H2,1-2H3. The van der Waals surface area contributed by atoms with Gasteiger partial charge in [0.1, 0.15) is 5.82 Å². The van der Waals surface area contributed by atoms with Gasteiger partial charge < -0.3 is 10.1 Å². The molecule has 1 rings (SSSR count). The summed E-state index contributed by atoms with van der Waals surface area (Å²) in [6.07, 6.45) is 2.10. The smallest absolute Gasteiger partial charge is 0.127 e. The summed E-state index contributed by atoms with van der Waals surface area (Å²) >= 11 is 0. The molecule has 0 bridgehead atoms. The zero-order chi connectivity index (χ0) is 11.8. The van der Waals surface area contributed by atoms with Crippen LogP contribution in [0, 0.1) is 12.7 Å². The molecule has 0 spiro atoms. The molecule has 3 heteroatoms. The minimum atomic E-state index is -0.130. The second-order valence-corrected chi connectivity index (χ2v) is 3.97. The maximum absolute atomic E-state index is 13.3. The molecule has 90 valence electrons. The number of nitrogens with one attached hydrogen (secondary N) is 1. The maximum atomic E-state index is 13.3. The lowest BCUT2D eigenvalue weighted by Crippen LogP contribution is -2.16. The highest BCUT2D eigenvalue weighted by atomic mass is 19.1. The Morgan fingerprint density at radius 2 is 2.12 bits per heavy atom. The predicted octanol–water partition coefficient (Wildman–Crippen LogP) is 2.65. The van der Waals surface area contributed by atoms with Crippen LogP contribution in [0.3, 0.4) is 0 Å². The van der Waals surface area contributed by atoms with E-state index in [1.165, 1.54) is 6.07 Å². The third-order valence-electron chi connectivity index (χ3n) is 2.47. The second-order valence-electron chi connectivity index (χ2n) is 3.97. The molecule has 0 unspecified atom stereocenters. The van der Waals surface area contributed by atoms with Crippen LogP contribution < -0.4 is 5.32 Å². The fourth-order valence-electron chi connectivity index (χ4n) is 1.56. The summed E-state index contributed by atoms with van der Waals surface area (Å²) in [6.45, 7) is 4.26. The lowest BCUT2D eigenvalue weighted by Gasteiger charge is -2.06. The highest BCUT2D eigenvalue weighted by Crippen LogP contribution is 2.09. The summed E-state index contributed by atoms with van der Waals surface area (Å²) in [5.74, 6) is -0.130. The van der Waals surface area contributed by atoms with E-state index in [0.717, 1.165) is 37.1 Å². The first-order valence-corrected chi connectivity index (χ1v) is 5.68. The molecule has 1 aromatic rings. The molecular weight excluding hydrogens is 205 g/mol. The number of rotatable bonds is 7. The van der Waals surface area contributed by atoms with E-state index in [4.69, 9.17) is 4.74 Å². The van der Waals surface area contributed by atoms with Gasteiger partial charge >= 0.3 is 0 Å². The third-order valence-corrected chi connectivity index (χ3v) is 2.47. The van der Waals surface area contributed by atoms with Crippen molar-refractivity contribution in [3.05, 3.63) is 35.1 Å². The number of hydrogen-bond acceptors (Lipinski definition) is 2. The van der Waals surface area contributed by atoms with Gasteiger partial charge in [0.25, 0.3) is 0 Å². The van der Waals surface area contributed by atoms with E-state index in [1.807, 2.05) is 13.0 Å². The van der Waals surface area contributed by atoms with Crippen molar-refractivity contribution in [1.82, 2.24) is 5.32 Å². The van der Waals surface area contributed by atoms with Crippen LogP contribution in [-0.2, 0) is 11.3 Å². The number of aryl methyl sites for hydroxylation is 1. The Kier molecular flexibility index (Phi) is 6.04. The molecule has 2 nitrogen and oxygen atoms in total. The van der Waals surface area contributed by atoms with E-state index in [1.54, 1.807) is 13.2 Å². The zero-order valence-corrected chi connectivity index (χ0v) is 10.1. The van der Waals surface area contributed by atoms with Crippen molar-refractivity contribution in [3.63, 3.8) is 0 Å². The zero-order valence-electron chi connectivity index (χ0n) is 10.1. The molecular formula is C13H20FNO.